The lowest BCUT2D eigenvalue weighted by atomic mass is 9.92. The first kappa shape index (κ1) is 6.46. The molecular formula is C7H11NO. The first-order valence-corrected chi connectivity index (χ1v) is 3.34. The molecule has 2 heteroatoms. The summed E-state index contributed by atoms with van der Waals surface area (Å²) in [5.74, 6) is 0. The Morgan fingerprint density at radius 3 is 2.78 bits per heavy atom. The van der Waals surface area contributed by atoms with Crippen LogP contribution in [0.5, 0.6) is 0 Å². The van der Waals surface area contributed by atoms with Crippen molar-refractivity contribution in [3.05, 3.63) is 17.1 Å². The Labute approximate surface area is 54.9 Å². The van der Waals surface area contributed by atoms with Gasteiger partial charge in [0.15, 0.2) is 0 Å². The number of nitroso groups, excluding NO2 is 1. The van der Waals surface area contributed by atoms with Gasteiger partial charge in [-0.25, -0.2) is 0 Å². The third-order valence-corrected chi connectivity index (χ3v) is 1.82. The molecule has 9 heavy (non-hydrogen) atoms. The van der Waals surface area contributed by atoms with Gasteiger partial charge in [-0.1, -0.05) is 18.2 Å². The van der Waals surface area contributed by atoms with Crippen LogP contribution in [0.4, 0.5) is 0 Å². The van der Waals surface area contributed by atoms with Gasteiger partial charge in [-0.2, -0.15) is 4.91 Å². The van der Waals surface area contributed by atoms with Crippen LogP contribution < -0.4 is 0 Å². The van der Waals surface area contributed by atoms with Crippen LogP contribution in [-0.4, -0.2) is 6.04 Å². The molecule has 1 rings (SSSR count). The number of hydrogen-bond acceptors (Lipinski definition) is 2. The van der Waals surface area contributed by atoms with Gasteiger partial charge in [0.05, 0.1) is 0 Å². The Hall–Kier alpha value is -0.660. The second-order valence-corrected chi connectivity index (χ2v) is 2.53. The van der Waals surface area contributed by atoms with Crippen LogP contribution in [-0.2, 0) is 0 Å². The molecule has 0 aliphatic heterocycles. The van der Waals surface area contributed by atoms with Crippen molar-refractivity contribution >= 4 is 0 Å². The largest absolute Gasteiger partial charge is 0.150 e. The average molecular weight is 125 g/mol. The molecule has 1 fully saturated rings. The van der Waals surface area contributed by atoms with E-state index in [9.17, 15) is 4.91 Å². The molecule has 0 aromatic heterocycles. The van der Waals surface area contributed by atoms with Crippen molar-refractivity contribution in [2.45, 2.75) is 31.7 Å². The van der Waals surface area contributed by atoms with E-state index in [1.807, 2.05) is 0 Å². The van der Waals surface area contributed by atoms with Crippen LogP contribution in [0.25, 0.3) is 0 Å². The lowest BCUT2D eigenvalue weighted by Crippen LogP contribution is -2.11. The summed E-state index contributed by atoms with van der Waals surface area (Å²) in [6, 6.07) is -0.0706. The molecule has 1 unspecified atom stereocenters. The van der Waals surface area contributed by atoms with Crippen LogP contribution in [0.1, 0.15) is 25.7 Å². The highest BCUT2D eigenvalue weighted by atomic mass is 16.3. The van der Waals surface area contributed by atoms with E-state index >= 15 is 0 Å². The summed E-state index contributed by atoms with van der Waals surface area (Å²) in [5, 5.41) is 2.98. The molecule has 0 aromatic carbocycles. The molecule has 1 aliphatic carbocycles. The Morgan fingerprint density at radius 2 is 2.33 bits per heavy atom. The quantitative estimate of drug-likeness (QED) is 0.390. The maximum Gasteiger partial charge on any atom is 0.113 e. The second-order valence-electron chi connectivity index (χ2n) is 2.53. The monoisotopic (exact) mass is 125 g/mol. The van der Waals surface area contributed by atoms with E-state index in [2.05, 4.69) is 11.8 Å². The minimum Gasteiger partial charge on any atom is -0.150 e. The second kappa shape index (κ2) is 2.76. The Bertz CT molecular complexity index is 131. The smallest absolute Gasteiger partial charge is 0.113 e. The molecule has 1 atom stereocenters. The van der Waals surface area contributed by atoms with Crippen molar-refractivity contribution < 1.29 is 0 Å². The highest BCUT2D eigenvalue weighted by Gasteiger charge is 2.16. The standard InChI is InChI=1S/C7H11NO/c1-6-4-2-3-5-7(6)8-9/h7H,1-5H2. The van der Waals surface area contributed by atoms with Crippen LogP contribution in [0, 0.1) is 4.91 Å². The van der Waals surface area contributed by atoms with E-state index in [0.717, 1.165) is 24.8 Å². The first-order valence-electron chi connectivity index (χ1n) is 3.34. The Balaban J connectivity index is 2.48. The zero-order valence-electron chi connectivity index (χ0n) is 5.47. The van der Waals surface area contributed by atoms with Crippen molar-refractivity contribution in [1.29, 1.82) is 0 Å². The molecular weight excluding hydrogens is 114 g/mol. The summed E-state index contributed by atoms with van der Waals surface area (Å²) in [7, 11) is 0. The predicted molar refractivity (Wildman–Crippen MR) is 37.2 cm³/mol. The molecule has 50 valence electrons. The van der Waals surface area contributed by atoms with Crippen molar-refractivity contribution in [2.24, 2.45) is 5.18 Å². The van der Waals surface area contributed by atoms with Crippen molar-refractivity contribution in [3.8, 4) is 0 Å². The van der Waals surface area contributed by atoms with Gasteiger partial charge in [0, 0.05) is 0 Å². The van der Waals surface area contributed by atoms with Gasteiger partial charge in [0.1, 0.15) is 6.04 Å². The lowest BCUT2D eigenvalue weighted by molar-refractivity contribution is 0.537. The topological polar surface area (TPSA) is 29.4 Å². The van der Waals surface area contributed by atoms with Crippen molar-refractivity contribution in [1.82, 2.24) is 0 Å². The van der Waals surface area contributed by atoms with E-state index in [1.54, 1.807) is 0 Å². The maximum atomic E-state index is 10.1. The van der Waals surface area contributed by atoms with Crippen LogP contribution in [0.3, 0.4) is 0 Å². The van der Waals surface area contributed by atoms with E-state index in [-0.39, 0.29) is 6.04 Å². The zero-order valence-corrected chi connectivity index (χ0v) is 5.47. The fourth-order valence-corrected chi connectivity index (χ4v) is 1.19. The summed E-state index contributed by atoms with van der Waals surface area (Å²) in [5.41, 5.74) is 1.02. The number of rotatable bonds is 1. The van der Waals surface area contributed by atoms with E-state index in [1.165, 1.54) is 6.42 Å². The Morgan fingerprint density at radius 1 is 1.56 bits per heavy atom. The highest BCUT2D eigenvalue weighted by molar-refractivity contribution is 5.07. The molecule has 0 saturated heterocycles. The molecule has 0 bridgehead atoms. The van der Waals surface area contributed by atoms with Gasteiger partial charge in [-0.3, -0.25) is 0 Å². The summed E-state index contributed by atoms with van der Waals surface area (Å²) >= 11 is 0. The highest BCUT2D eigenvalue weighted by Crippen LogP contribution is 2.23. The molecule has 0 aromatic rings. The minimum absolute atomic E-state index is 0.0706. The molecule has 2 nitrogen and oxygen atoms in total. The van der Waals surface area contributed by atoms with Gasteiger partial charge < -0.3 is 0 Å². The van der Waals surface area contributed by atoms with E-state index < -0.39 is 0 Å². The van der Waals surface area contributed by atoms with Crippen molar-refractivity contribution in [3.63, 3.8) is 0 Å². The Kier molecular flexibility index (Phi) is 1.98. The summed E-state index contributed by atoms with van der Waals surface area (Å²) in [4.78, 5) is 10.1. The average Bonchev–Trinajstić information content (AvgIpc) is 1.89. The third kappa shape index (κ3) is 1.37. The lowest BCUT2D eigenvalue weighted by Gasteiger charge is -2.16. The van der Waals surface area contributed by atoms with Crippen molar-refractivity contribution in [2.75, 3.05) is 0 Å². The summed E-state index contributed by atoms with van der Waals surface area (Å²) < 4.78 is 0. The minimum atomic E-state index is -0.0706. The number of nitrogens with zero attached hydrogens (tertiary/aromatic N) is 1. The molecule has 1 saturated carbocycles. The van der Waals surface area contributed by atoms with Gasteiger partial charge in [-0.15, -0.1) is 0 Å². The van der Waals surface area contributed by atoms with Gasteiger partial charge >= 0.3 is 0 Å². The number of hydrogen-bond donors (Lipinski definition) is 0. The van der Waals surface area contributed by atoms with Gasteiger partial charge in [0.25, 0.3) is 0 Å². The fourth-order valence-electron chi connectivity index (χ4n) is 1.19. The third-order valence-electron chi connectivity index (χ3n) is 1.82. The fraction of sp³-hybridized carbons (Fsp3) is 0.714. The zero-order chi connectivity index (χ0) is 6.69. The summed E-state index contributed by atoms with van der Waals surface area (Å²) in [6.45, 7) is 3.77. The predicted octanol–water partition coefficient (Wildman–Crippen LogP) is 2.25. The maximum absolute atomic E-state index is 10.1. The van der Waals surface area contributed by atoms with Crippen LogP contribution >= 0.6 is 0 Å². The van der Waals surface area contributed by atoms with Crippen LogP contribution in [0.15, 0.2) is 17.3 Å². The molecule has 1 aliphatic rings. The first-order chi connectivity index (χ1) is 4.34. The SMILES string of the molecule is C=C1CCCCC1N=O. The van der Waals surface area contributed by atoms with Gasteiger partial charge in [-0.05, 0) is 24.8 Å². The molecule has 0 heterocycles. The molecule has 0 N–H and O–H groups in total. The van der Waals surface area contributed by atoms with Crippen LogP contribution in [0.2, 0.25) is 0 Å². The normalized spacial score (nSPS) is 28.0. The van der Waals surface area contributed by atoms with E-state index in [0.29, 0.717) is 0 Å². The summed E-state index contributed by atoms with van der Waals surface area (Å²) in [6.07, 6.45) is 4.24. The van der Waals surface area contributed by atoms with Gasteiger partial charge in [0.2, 0.25) is 0 Å². The van der Waals surface area contributed by atoms with E-state index in [4.69, 9.17) is 0 Å². The molecule has 0 amide bonds. The molecule has 0 radical (unpaired) electrons. The molecule has 0 spiro atoms.